The minimum absolute atomic E-state index is 0.0105. The van der Waals surface area contributed by atoms with Gasteiger partial charge < -0.3 is 14.5 Å². The molecule has 0 bridgehead atoms. The zero-order chi connectivity index (χ0) is 21.8. The van der Waals surface area contributed by atoms with Crippen molar-refractivity contribution >= 4 is 17.8 Å². The minimum Gasteiger partial charge on any atom is -0.466 e. The Morgan fingerprint density at radius 1 is 1.06 bits per heavy atom. The van der Waals surface area contributed by atoms with Crippen molar-refractivity contribution in [2.75, 3.05) is 32.8 Å². The molecule has 7 nitrogen and oxygen atoms in total. The maximum Gasteiger partial charge on any atom is 0.309 e. The van der Waals surface area contributed by atoms with Crippen LogP contribution in [0.3, 0.4) is 0 Å². The Balaban J connectivity index is 1.47. The summed E-state index contributed by atoms with van der Waals surface area (Å²) in [5.74, 6) is -0.259. The van der Waals surface area contributed by atoms with Crippen LogP contribution in [0.5, 0.6) is 0 Å². The molecule has 1 spiro atoms. The number of esters is 1. The van der Waals surface area contributed by atoms with Gasteiger partial charge in [0, 0.05) is 49.6 Å². The molecule has 0 aromatic carbocycles. The lowest BCUT2D eigenvalue weighted by molar-refractivity contribution is -0.152. The number of carbonyl (C=O) groups is 3. The lowest BCUT2D eigenvalue weighted by atomic mass is 9.67. The highest BCUT2D eigenvalue weighted by Gasteiger charge is 2.52. The van der Waals surface area contributed by atoms with E-state index in [1.807, 2.05) is 16.7 Å². The normalized spacial score (nSPS) is 23.7. The van der Waals surface area contributed by atoms with Crippen LogP contribution in [-0.2, 0) is 14.3 Å². The third-order valence-corrected chi connectivity index (χ3v) is 7.44. The van der Waals surface area contributed by atoms with Crippen LogP contribution in [0.15, 0.2) is 24.5 Å². The molecule has 1 saturated carbocycles. The summed E-state index contributed by atoms with van der Waals surface area (Å²) in [6.07, 6.45) is 10.0. The Labute approximate surface area is 184 Å². The SMILES string of the molecule is CCOC(=O)C1CCN(C(=O)C2CN(C(=O)c3ccncc3)CC23CCCCC3)CC1. The number of nitrogens with zero attached hydrogens (tertiary/aromatic N) is 3. The van der Waals surface area contributed by atoms with Crippen LogP contribution in [0.1, 0.15) is 62.2 Å². The van der Waals surface area contributed by atoms with Gasteiger partial charge in [-0.25, -0.2) is 0 Å². The van der Waals surface area contributed by atoms with Gasteiger partial charge in [-0.1, -0.05) is 19.3 Å². The number of likely N-dealkylation sites (tertiary alicyclic amines) is 2. The number of carbonyl (C=O) groups excluding carboxylic acids is 3. The fraction of sp³-hybridized carbons (Fsp3) is 0.667. The van der Waals surface area contributed by atoms with Crippen LogP contribution in [0, 0.1) is 17.3 Å². The van der Waals surface area contributed by atoms with Crippen molar-refractivity contribution in [3.05, 3.63) is 30.1 Å². The van der Waals surface area contributed by atoms with Crippen molar-refractivity contribution in [2.24, 2.45) is 17.3 Å². The fourth-order valence-corrected chi connectivity index (χ4v) is 5.72. The monoisotopic (exact) mass is 427 g/mol. The molecule has 1 unspecified atom stereocenters. The van der Waals surface area contributed by atoms with Crippen LogP contribution in [0.4, 0.5) is 0 Å². The van der Waals surface area contributed by atoms with Gasteiger partial charge in [0.15, 0.2) is 0 Å². The van der Waals surface area contributed by atoms with E-state index in [0.717, 1.165) is 25.7 Å². The van der Waals surface area contributed by atoms with E-state index in [-0.39, 0.29) is 35.0 Å². The second kappa shape index (κ2) is 9.37. The second-order valence-corrected chi connectivity index (χ2v) is 9.25. The Kier molecular flexibility index (Phi) is 6.58. The fourth-order valence-electron chi connectivity index (χ4n) is 5.72. The van der Waals surface area contributed by atoms with Gasteiger partial charge in [0.2, 0.25) is 5.91 Å². The number of amides is 2. The van der Waals surface area contributed by atoms with Crippen LogP contribution in [-0.4, -0.2) is 65.4 Å². The topological polar surface area (TPSA) is 79.8 Å². The summed E-state index contributed by atoms with van der Waals surface area (Å²) in [5.41, 5.74) is 0.514. The Bertz CT molecular complexity index is 798. The van der Waals surface area contributed by atoms with E-state index in [4.69, 9.17) is 4.74 Å². The van der Waals surface area contributed by atoms with Gasteiger partial charge in [0.25, 0.3) is 5.91 Å². The molecule has 2 aliphatic heterocycles. The van der Waals surface area contributed by atoms with Crippen molar-refractivity contribution in [3.63, 3.8) is 0 Å². The van der Waals surface area contributed by atoms with Crippen LogP contribution in [0.25, 0.3) is 0 Å². The molecule has 0 radical (unpaired) electrons. The summed E-state index contributed by atoms with van der Waals surface area (Å²) < 4.78 is 5.16. The van der Waals surface area contributed by atoms with Crippen LogP contribution < -0.4 is 0 Å². The Morgan fingerprint density at radius 2 is 1.74 bits per heavy atom. The largest absolute Gasteiger partial charge is 0.466 e. The molecule has 2 amide bonds. The summed E-state index contributed by atoms with van der Waals surface area (Å²) in [6, 6.07) is 3.48. The van der Waals surface area contributed by atoms with E-state index >= 15 is 0 Å². The molecule has 0 N–H and O–H groups in total. The molecule has 1 aromatic heterocycles. The first kappa shape index (κ1) is 21.8. The van der Waals surface area contributed by atoms with Crippen LogP contribution in [0.2, 0.25) is 0 Å². The van der Waals surface area contributed by atoms with E-state index in [1.54, 1.807) is 24.5 Å². The van der Waals surface area contributed by atoms with E-state index in [0.29, 0.717) is 51.2 Å². The van der Waals surface area contributed by atoms with Crippen molar-refractivity contribution in [1.82, 2.24) is 14.8 Å². The quantitative estimate of drug-likeness (QED) is 0.691. The summed E-state index contributed by atoms with van der Waals surface area (Å²) in [6.45, 7) is 4.53. The van der Waals surface area contributed by atoms with Gasteiger partial charge >= 0.3 is 5.97 Å². The Hall–Kier alpha value is -2.44. The summed E-state index contributed by atoms with van der Waals surface area (Å²) in [7, 11) is 0. The predicted octanol–water partition coefficient (Wildman–Crippen LogP) is 2.91. The molecule has 3 aliphatic rings. The molecule has 4 rings (SSSR count). The van der Waals surface area contributed by atoms with Crippen molar-refractivity contribution in [3.8, 4) is 0 Å². The molecule has 1 aliphatic carbocycles. The standard InChI is InChI=1S/C24H33N3O4/c1-2-31-23(30)19-8-14-26(15-9-19)22(29)20-16-27(17-24(20)10-4-3-5-11-24)21(28)18-6-12-25-13-7-18/h6-7,12-13,19-20H,2-5,8-11,14-17H2,1H3. The highest BCUT2D eigenvalue weighted by molar-refractivity contribution is 5.95. The average Bonchev–Trinajstić information content (AvgIpc) is 3.17. The average molecular weight is 428 g/mol. The minimum atomic E-state index is -0.155. The number of pyridine rings is 1. The lowest BCUT2D eigenvalue weighted by Crippen LogP contribution is -2.48. The van der Waals surface area contributed by atoms with Gasteiger partial charge in [0.1, 0.15) is 0 Å². The summed E-state index contributed by atoms with van der Waals surface area (Å²) >= 11 is 0. The maximum atomic E-state index is 13.6. The van der Waals surface area contributed by atoms with Gasteiger partial charge in [-0.3, -0.25) is 19.4 Å². The highest BCUT2D eigenvalue weighted by Crippen LogP contribution is 2.48. The predicted molar refractivity (Wildman–Crippen MR) is 115 cm³/mol. The van der Waals surface area contributed by atoms with Gasteiger partial charge in [-0.2, -0.15) is 0 Å². The molecule has 2 saturated heterocycles. The molecule has 1 aromatic rings. The third kappa shape index (κ3) is 4.46. The number of hydrogen-bond acceptors (Lipinski definition) is 5. The van der Waals surface area contributed by atoms with Crippen molar-refractivity contribution in [2.45, 2.75) is 51.9 Å². The zero-order valence-electron chi connectivity index (χ0n) is 18.4. The van der Waals surface area contributed by atoms with Crippen LogP contribution >= 0.6 is 0 Å². The highest BCUT2D eigenvalue weighted by atomic mass is 16.5. The smallest absolute Gasteiger partial charge is 0.309 e. The number of aromatic nitrogens is 1. The maximum absolute atomic E-state index is 13.6. The van der Waals surface area contributed by atoms with Gasteiger partial charge in [0.05, 0.1) is 18.4 Å². The number of piperidine rings is 1. The zero-order valence-corrected chi connectivity index (χ0v) is 18.4. The summed E-state index contributed by atoms with van der Waals surface area (Å²) in [5, 5.41) is 0. The van der Waals surface area contributed by atoms with Gasteiger partial charge in [-0.15, -0.1) is 0 Å². The van der Waals surface area contributed by atoms with E-state index in [2.05, 4.69) is 4.98 Å². The van der Waals surface area contributed by atoms with E-state index in [9.17, 15) is 14.4 Å². The molecule has 3 heterocycles. The molecule has 168 valence electrons. The van der Waals surface area contributed by atoms with E-state index in [1.165, 1.54) is 6.42 Å². The number of hydrogen-bond donors (Lipinski definition) is 0. The second-order valence-electron chi connectivity index (χ2n) is 9.25. The van der Waals surface area contributed by atoms with Crippen molar-refractivity contribution in [1.29, 1.82) is 0 Å². The number of ether oxygens (including phenoxy) is 1. The van der Waals surface area contributed by atoms with E-state index < -0.39 is 0 Å². The first-order valence-corrected chi connectivity index (χ1v) is 11.7. The Morgan fingerprint density at radius 3 is 2.39 bits per heavy atom. The first-order valence-electron chi connectivity index (χ1n) is 11.7. The number of rotatable bonds is 4. The van der Waals surface area contributed by atoms with Crippen molar-refractivity contribution < 1.29 is 19.1 Å². The molecular weight excluding hydrogens is 394 g/mol. The lowest BCUT2D eigenvalue weighted by Gasteiger charge is -2.40. The molecular formula is C24H33N3O4. The first-order chi connectivity index (χ1) is 15.0. The molecule has 7 heteroatoms. The molecule has 1 atom stereocenters. The molecule has 3 fully saturated rings. The summed E-state index contributed by atoms with van der Waals surface area (Å²) in [4.78, 5) is 46.6. The van der Waals surface area contributed by atoms with Gasteiger partial charge in [-0.05, 0) is 44.7 Å². The molecule has 31 heavy (non-hydrogen) atoms. The third-order valence-electron chi connectivity index (χ3n) is 7.44.